The van der Waals surface area contributed by atoms with E-state index in [-0.39, 0.29) is 11.4 Å². The summed E-state index contributed by atoms with van der Waals surface area (Å²) in [5.74, 6) is 3.05. The van der Waals surface area contributed by atoms with Gasteiger partial charge in [-0.05, 0) is 35.7 Å². The molecule has 0 spiro atoms. The Hall–Kier alpha value is -1.65. The fourth-order valence-electron chi connectivity index (χ4n) is 4.47. The van der Waals surface area contributed by atoms with Gasteiger partial charge in [-0.15, -0.1) is 18.7 Å². The topological polar surface area (TPSA) is 57.6 Å². The Labute approximate surface area is 191 Å². The zero-order chi connectivity index (χ0) is 24.0. The van der Waals surface area contributed by atoms with Crippen molar-refractivity contribution in [2.45, 2.75) is 82.1 Å². The molecule has 0 unspecified atom stereocenters. The van der Waals surface area contributed by atoms with Gasteiger partial charge in [-0.2, -0.15) is 4.31 Å². The number of benzene rings is 1. The first-order chi connectivity index (χ1) is 14.4. The minimum absolute atomic E-state index is 0.0484. The molecule has 0 saturated heterocycles. The highest BCUT2D eigenvalue weighted by atomic mass is 32.2. The van der Waals surface area contributed by atoms with E-state index in [1.54, 1.807) is 24.3 Å². The second kappa shape index (κ2) is 11.3. The van der Waals surface area contributed by atoms with E-state index in [9.17, 15) is 13.5 Å². The van der Waals surface area contributed by atoms with Crippen LogP contribution in [0, 0.1) is 18.4 Å². The normalized spacial score (nSPS) is 14.5. The van der Waals surface area contributed by atoms with E-state index >= 15 is 0 Å². The first-order valence-corrected chi connectivity index (χ1v) is 14.6. The number of aliphatic hydroxyl groups is 1. The molecule has 0 aliphatic rings. The number of nitrogens with zero attached hydrogens (tertiary/aromatic N) is 1. The number of rotatable bonds is 10. The van der Waals surface area contributed by atoms with Crippen LogP contribution in [0.5, 0.6) is 0 Å². The summed E-state index contributed by atoms with van der Waals surface area (Å²) in [6, 6.07) is 5.79. The van der Waals surface area contributed by atoms with Crippen LogP contribution in [0.2, 0.25) is 16.6 Å². The molecule has 6 heteroatoms. The molecule has 0 aliphatic heterocycles. The SMILES string of the molecule is C=CCN([C@@H](C=C)[C@H](O)C#C[Si](C(C)C)(C(C)C)C(C)C)S(=O)(=O)c1ccc(C)cc1. The summed E-state index contributed by atoms with van der Waals surface area (Å²) < 4.78 is 27.9. The molecule has 0 aromatic heterocycles. The Morgan fingerprint density at radius 2 is 1.52 bits per heavy atom. The molecule has 31 heavy (non-hydrogen) atoms. The van der Waals surface area contributed by atoms with E-state index in [4.69, 9.17) is 0 Å². The van der Waals surface area contributed by atoms with Crippen LogP contribution >= 0.6 is 0 Å². The molecule has 0 bridgehead atoms. The molecule has 0 amide bonds. The lowest BCUT2D eigenvalue weighted by molar-refractivity contribution is 0.165. The van der Waals surface area contributed by atoms with E-state index in [2.05, 4.69) is 66.2 Å². The number of sulfonamides is 1. The minimum Gasteiger partial charge on any atom is -0.378 e. The minimum atomic E-state index is -3.86. The summed E-state index contributed by atoms with van der Waals surface area (Å²) in [6.45, 7) is 22.6. The lowest BCUT2D eigenvalue weighted by Gasteiger charge is -2.38. The van der Waals surface area contributed by atoms with Crippen molar-refractivity contribution in [3.8, 4) is 11.5 Å². The summed E-state index contributed by atoms with van der Waals surface area (Å²) in [6.07, 6.45) is 1.79. The highest BCUT2D eigenvalue weighted by Crippen LogP contribution is 2.40. The lowest BCUT2D eigenvalue weighted by Crippen LogP contribution is -2.46. The van der Waals surface area contributed by atoms with Gasteiger partial charge in [-0.25, -0.2) is 8.42 Å². The van der Waals surface area contributed by atoms with Crippen LogP contribution in [0.1, 0.15) is 47.1 Å². The lowest BCUT2D eigenvalue weighted by atomic mass is 10.1. The molecule has 4 nitrogen and oxygen atoms in total. The summed E-state index contributed by atoms with van der Waals surface area (Å²) in [5.41, 5.74) is 5.69. The van der Waals surface area contributed by atoms with Gasteiger partial charge in [-0.3, -0.25) is 0 Å². The molecule has 0 saturated carbocycles. The second-order valence-corrected chi connectivity index (χ2v) is 16.5. The van der Waals surface area contributed by atoms with Crippen LogP contribution in [0.4, 0.5) is 0 Å². The van der Waals surface area contributed by atoms with E-state index in [1.165, 1.54) is 16.5 Å². The van der Waals surface area contributed by atoms with E-state index in [1.807, 2.05) is 6.92 Å². The molecule has 172 valence electrons. The van der Waals surface area contributed by atoms with Crippen molar-refractivity contribution < 1.29 is 13.5 Å². The number of hydrogen-bond donors (Lipinski definition) is 1. The van der Waals surface area contributed by atoms with Gasteiger partial charge in [0.2, 0.25) is 10.0 Å². The maximum absolute atomic E-state index is 13.3. The molecule has 0 fully saturated rings. The van der Waals surface area contributed by atoms with Crippen LogP contribution in [-0.2, 0) is 10.0 Å². The third kappa shape index (κ3) is 5.98. The van der Waals surface area contributed by atoms with Crippen LogP contribution in [0.25, 0.3) is 0 Å². The molecule has 1 aromatic rings. The van der Waals surface area contributed by atoms with Crippen molar-refractivity contribution in [1.29, 1.82) is 0 Å². The monoisotopic (exact) mass is 461 g/mol. The van der Waals surface area contributed by atoms with Gasteiger partial charge < -0.3 is 5.11 Å². The van der Waals surface area contributed by atoms with Crippen molar-refractivity contribution >= 4 is 18.1 Å². The average Bonchev–Trinajstić information content (AvgIpc) is 2.67. The molecule has 1 N–H and O–H groups in total. The molecule has 0 heterocycles. The summed E-state index contributed by atoms with van der Waals surface area (Å²) in [4.78, 5) is 0.169. The van der Waals surface area contributed by atoms with Crippen molar-refractivity contribution in [2.75, 3.05) is 6.54 Å². The van der Waals surface area contributed by atoms with Gasteiger partial charge in [0.15, 0.2) is 0 Å². The molecule has 0 radical (unpaired) electrons. The number of hydrogen-bond acceptors (Lipinski definition) is 3. The van der Waals surface area contributed by atoms with Gasteiger partial charge in [0.05, 0.1) is 10.9 Å². The predicted octanol–water partition coefficient (Wildman–Crippen LogP) is 5.31. The standard InChI is InChI=1S/C25H39NO3SSi/c1-10-17-26(30(28,29)23-14-12-22(9)13-15-23)24(11-2)25(27)16-18-31(19(3)4,20(5)6)21(7)8/h10-15,19-21,24-25,27H,1-2,17H2,3-9H3/t24-,25+/m0/s1. The van der Waals surface area contributed by atoms with Gasteiger partial charge in [0.1, 0.15) is 14.2 Å². The van der Waals surface area contributed by atoms with E-state index < -0.39 is 30.2 Å². The van der Waals surface area contributed by atoms with Crippen LogP contribution < -0.4 is 0 Å². The summed E-state index contributed by atoms with van der Waals surface area (Å²) in [7, 11) is -5.93. The Balaban J connectivity index is 3.45. The Morgan fingerprint density at radius 3 is 1.90 bits per heavy atom. The quantitative estimate of drug-likeness (QED) is 0.292. The number of aliphatic hydroxyl groups excluding tert-OH is 1. The van der Waals surface area contributed by atoms with Crippen LogP contribution in [0.15, 0.2) is 54.5 Å². The summed E-state index contributed by atoms with van der Waals surface area (Å²) >= 11 is 0. The van der Waals surface area contributed by atoms with Crippen LogP contribution in [0.3, 0.4) is 0 Å². The highest BCUT2D eigenvalue weighted by molar-refractivity contribution is 7.89. The Kier molecular flexibility index (Phi) is 9.97. The molecule has 1 rings (SSSR count). The summed E-state index contributed by atoms with van der Waals surface area (Å²) in [5, 5.41) is 11.0. The van der Waals surface area contributed by atoms with Crippen molar-refractivity contribution in [3.05, 3.63) is 55.1 Å². The fraction of sp³-hybridized carbons (Fsp3) is 0.520. The molecular weight excluding hydrogens is 422 g/mol. The zero-order valence-corrected chi connectivity index (χ0v) is 21.9. The Bertz CT molecular complexity index is 887. The third-order valence-corrected chi connectivity index (χ3v) is 14.3. The van der Waals surface area contributed by atoms with Gasteiger partial charge in [-0.1, -0.05) is 77.3 Å². The maximum Gasteiger partial charge on any atom is 0.244 e. The van der Waals surface area contributed by atoms with Crippen LogP contribution in [-0.4, -0.2) is 44.6 Å². The van der Waals surface area contributed by atoms with Crippen molar-refractivity contribution in [2.24, 2.45) is 0 Å². The average molecular weight is 462 g/mol. The maximum atomic E-state index is 13.3. The van der Waals surface area contributed by atoms with E-state index in [0.29, 0.717) is 16.6 Å². The molecule has 2 atom stereocenters. The third-order valence-electron chi connectivity index (χ3n) is 6.14. The molecule has 1 aromatic carbocycles. The predicted molar refractivity (Wildman–Crippen MR) is 134 cm³/mol. The second-order valence-electron chi connectivity index (χ2n) is 9.01. The fourth-order valence-corrected chi connectivity index (χ4v) is 11.3. The highest BCUT2D eigenvalue weighted by Gasteiger charge is 2.42. The largest absolute Gasteiger partial charge is 0.378 e. The van der Waals surface area contributed by atoms with Gasteiger partial charge >= 0.3 is 0 Å². The molecule has 0 aliphatic carbocycles. The molecular formula is C25H39NO3SSi. The van der Waals surface area contributed by atoms with Gasteiger partial charge in [0.25, 0.3) is 0 Å². The number of aryl methyl sites for hydroxylation is 1. The Morgan fingerprint density at radius 1 is 1.03 bits per heavy atom. The van der Waals surface area contributed by atoms with Crippen molar-refractivity contribution in [3.63, 3.8) is 0 Å². The van der Waals surface area contributed by atoms with Crippen molar-refractivity contribution in [1.82, 2.24) is 4.31 Å². The van der Waals surface area contributed by atoms with Gasteiger partial charge in [0, 0.05) is 6.54 Å². The van der Waals surface area contributed by atoms with E-state index in [0.717, 1.165) is 5.56 Å². The smallest absolute Gasteiger partial charge is 0.244 e. The first kappa shape index (κ1) is 27.4. The first-order valence-electron chi connectivity index (χ1n) is 10.9. The zero-order valence-electron chi connectivity index (χ0n) is 20.1.